The maximum absolute atomic E-state index is 12.3. The molecule has 8 nitrogen and oxygen atoms in total. The average Bonchev–Trinajstić information content (AvgIpc) is 3.18. The lowest BCUT2D eigenvalue weighted by Gasteiger charge is -2.18. The Bertz CT molecular complexity index is 433. The number of ether oxygens (including phenoxy) is 4. The summed E-state index contributed by atoms with van der Waals surface area (Å²) in [5.74, 6) is -5.51. The van der Waals surface area contributed by atoms with Gasteiger partial charge in [0, 0.05) is 5.92 Å². The lowest BCUT2D eigenvalue weighted by molar-refractivity contribution is -0.176. The summed E-state index contributed by atoms with van der Waals surface area (Å²) in [7, 11) is 4.23. The quantitative estimate of drug-likeness (QED) is 0.394. The van der Waals surface area contributed by atoms with E-state index in [1.165, 1.54) is 0 Å². The topological polar surface area (TPSA) is 105 Å². The molecule has 0 aromatic rings. The SMILES string of the molecule is COC(=O)C1(C(=O)OC)C(C(C)C)C1(C(=O)OC)C(=O)OC. The number of esters is 4. The summed E-state index contributed by atoms with van der Waals surface area (Å²) >= 11 is 0. The van der Waals surface area contributed by atoms with Crippen LogP contribution < -0.4 is 0 Å². The van der Waals surface area contributed by atoms with Crippen LogP contribution in [0.2, 0.25) is 0 Å². The third kappa shape index (κ3) is 1.82. The Morgan fingerprint density at radius 1 is 0.682 bits per heavy atom. The van der Waals surface area contributed by atoms with Gasteiger partial charge in [-0.15, -0.1) is 0 Å². The van der Waals surface area contributed by atoms with Crippen LogP contribution in [-0.2, 0) is 38.1 Å². The fourth-order valence-corrected chi connectivity index (χ4v) is 3.47. The van der Waals surface area contributed by atoms with E-state index in [9.17, 15) is 19.2 Å². The van der Waals surface area contributed by atoms with Gasteiger partial charge in [0.15, 0.2) is 10.8 Å². The van der Waals surface area contributed by atoms with Crippen molar-refractivity contribution in [1.29, 1.82) is 0 Å². The Hall–Kier alpha value is -2.12. The molecule has 0 N–H and O–H groups in total. The molecule has 1 aliphatic carbocycles. The fourth-order valence-electron chi connectivity index (χ4n) is 3.47. The van der Waals surface area contributed by atoms with Crippen LogP contribution >= 0.6 is 0 Å². The summed E-state index contributed by atoms with van der Waals surface area (Å²) in [6.45, 7) is 3.33. The van der Waals surface area contributed by atoms with Gasteiger partial charge in [-0.3, -0.25) is 19.2 Å². The van der Waals surface area contributed by atoms with Gasteiger partial charge >= 0.3 is 23.9 Å². The zero-order valence-electron chi connectivity index (χ0n) is 13.4. The van der Waals surface area contributed by atoms with Crippen LogP contribution in [0.15, 0.2) is 0 Å². The zero-order valence-corrected chi connectivity index (χ0v) is 13.4. The molecule has 1 saturated carbocycles. The van der Waals surface area contributed by atoms with Gasteiger partial charge in [0.05, 0.1) is 28.4 Å². The summed E-state index contributed by atoms with van der Waals surface area (Å²) in [5, 5.41) is 0. The first-order valence-electron chi connectivity index (χ1n) is 6.58. The number of carbonyl (C=O) groups excluding carboxylic acids is 4. The largest absolute Gasteiger partial charge is 0.468 e. The third-order valence-corrected chi connectivity index (χ3v) is 4.17. The van der Waals surface area contributed by atoms with Gasteiger partial charge in [-0.05, 0) is 5.92 Å². The predicted octanol–water partition coefficient (Wildman–Crippen LogP) is -0.0630. The highest BCUT2D eigenvalue weighted by atomic mass is 16.6. The van der Waals surface area contributed by atoms with Gasteiger partial charge in [0.1, 0.15) is 0 Å². The standard InChI is InChI=1S/C14H20O8/c1-7(2)8-13(9(15)19-3,10(16)20-4)14(8,11(17)21-5)12(18)22-6/h7-8H,1-6H3. The normalized spacial score (nSPS) is 18.3. The van der Waals surface area contributed by atoms with Crippen LogP contribution in [0.5, 0.6) is 0 Å². The molecule has 0 aromatic heterocycles. The fraction of sp³-hybridized carbons (Fsp3) is 0.714. The molecule has 0 aliphatic heterocycles. The van der Waals surface area contributed by atoms with Crippen molar-refractivity contribution in [2.75, 3.05) is 28.4 Å². The second kappa shape index (κ2) is 5.94. The highest BCUT2D eigenvalue weighted by Crippen LogP contribution is 2.74. The number of rotatable bonds is 5. The molecule has 124 valence electrons. The van der Waals surface area contributed by atoms with E-state index in [4.69, 9.17) is 0 Å². The molecule has 0 amide bonds. The average molecular weight is 316 g/mol. The molecule has 8 heteroatoms. The van der Waals surface area contributed by atoms with Crippen LogP contribution in [0.25, 0.3) is 0 Å². The Kier molecular flexibility index (Phi) is 4.84. The van der Waals surface area contributed by atoms with Gasteiger partial charge in [-0.25, -0.2) is 0 Å². The lowest BCUT2D eigenvalue weighted by atomic mass is 9.92. The van der Waals surface area contributed by atoms with Crippen LogP contribution in [0, 0.1) is 22.7 Å². The minimum absolute atomic E-state index is 0.392. The summed E-state index contributed by atoms with van der Waals surface area (Å²) in [6, 6.07) is 0. The van der Waals surface area contributed by atoms with Crippen molar-refractivity contribution in [3.8, 4) is 0 Å². The number of hydrogen-bond acceptors (Lipinski definition) is 8. The van der Waals surface area contributed by atoms with E-state index in [1.54, 1.807) is 13.8 Å². The Morgan fingerprint density at radius 2 is 0.909 bits per heavy atom. The van der Waals surface area contributed by atoms with E-state index in [0.29, 0.717) is 0 Å². The van der Waals surface area contributed by atoms with Crippen LogP contribution in [0.3, 0.4) is 0 Å². The second-order valence-electron chi connectivity index (χ2n) is 5.30. The van der Waals surface area contributed by atoms with Crippen LogP contribution in [-0.4, -0.2) is 52.3 Å². The molecule has 0 radical (unpaired) electrons. The van der Waals surface area contributed by atoms with E-state index >= 15 is 0 Å². The van der Waals surface area contributed by atoms with Crippen LogP contribution in [0.1, 0.15) is 13.8 Å². The Labute approximate surface area is 128 Å². The van der Waals surface area contributed by atoms with Crippen molar-refractivity contribution in [3.63, 3.8) is 0 Å². The van der Waals surface area contributed by atoms with Crippen molar-refractivity contribution in [2.24, 2.45) is 22.7 Å². The minimum atomic E-state index is -2.11. The summed E-state index contributed by atoms with van der Waals surface area (Å²) in [6.07, 6.45) is 0. The smallest absolute Gasteiger partial charge is 0.325 e. The molecule has 0 heterocycles. The van der Waals surface area contributed by atoms with Gasteiger partial charge in [0.25, 0.3) is 0 Å². The number of methoxy groups -OCH3 is 4. The van der Waals surface area contributed by atoms with Gasteiger partial charge in [0.2, 0.25) is 0 Å². The number of carbonyl (C=O) groups is 4. The first-order valence-corrected chi connectivity index (χ1v) is 6.58. The summed E-state index contributed by atoms with van der Waals surface area (Å²) in [4.78, 5) is 49.3. The van der Waals surface area contributed by atoms with E-state index in [2.05, 4.69) is 18.9 Å². The van der Waals surface area contributed by atoms with E-state index < -0.39 is 46.5 Å². The zero-order chi connectivity index (χ0) is 17.3. The minimum Gasteiger partial charge on any atom is -0.468 e. The molecule has 1 rings (SSSR count). The first kappa shape index (κ1) is 17.9. The highest BCUT2D eigenvalue weighted by Gasteiger charge is 2.95. The molecule has 0 spiro atoms. The van der Waals surface area contributed by atoms with Crippen LogP contribution in [0.4, 0.5) is 0 Å². The van der Waals surface area contributed by atoms with Crippen molar-refractivity contribution in [2.45, 2.75) is 13.8 Å². The molecular formula is C14H20O8. The van der Waals surface area contributed by atoms with Crippen molar-refractivity contribution in [1.82, 2.24) is 0 Å². The Morgan fingerprint density at radius 3 is 1.05 bits per heavy atom. The lowest BCUT2D eigenvalue weighted by Crippen LogP contribution is -2.42. The molecular weight excluding hydrogens is 296 g/mol. The third-order valence-electron chi connectivity index (χ3n) is 4.17. The molecule has 0 saturated heterocycles. The van der Waals surface area contributed by atoms with Crippen molar-refractivity contribution < 1.29 is 38.1 Å². The maximum Gasteiger partial charge on any atom is 0.325 e. The molecule has 0 unspecified atom stereocenters. The summed E-state index contributed by atoms with van der Waals surface area (Å²) < 4.78 is 18.7. The van der Waals surface area contributed by atoms with Gasteiger partial charge in [-0.2, -0.15) is 0 Å². The van der Waals surface area contributed by atoms with E-state index in [0.717, 1.165) is 28.4 Å². The van der Waals surface area contributed by atoms with Gasteiger partial charge < -0.3 is 18.9 Å². The van der Waals surface area contributed by atoms with Crippen molar-refractivity contribution >= 4 is 23.9 Å². The molecule has 0 aromatic carbocycles. The molecule has 1 aliphatic rings. The second-order valence-corrected chi connectivity index (χ2v) is 5.30. The molecule has 1 fully saturated rings. The highest BCUT2D eigenvalue weighted by molar-refractivity contribution is 6.21. The van der Waals surface area contributed by atoms with Crippen molar-refractivity contribution in [3.05, 3.63) is 0 Å². The van der Waals surface area contributed by atoms with E-state index in [1.807, 2.05) is 0 Å². The molecule has 0 atom stereocenters. The monoisotopic (exact) mass is 316 g/mol. The maximum atomic E-state index is 12.3. The summed E-state index contributed by atoms with van der Waals surface area (Å²) in [5.41, 5.74) is -4.21. The van der Waals surface area contributed by atoms with Gasteiger partial charge in [-0.1, -0.05) is 13.8 Å². The van der Waals surface area contributed by atoms with E-state index in [-0.39, 0.29) is 0 Å². The Balaban J connectivity index is 3.71. The number of hydrogen-bond donors (Lipinski definition) is 0. The first-order chi connectivity index (χ1) is 10.2. The molecule has 0 bridgehead atoms. The predicted molar refractivity (Wildman–Crippen MR) is 71.3 cm³/mol. The molecule has 22 heavy (non-hydrogen) atoms.